The Bertz CT molecular complexity index is 1220. The smallest absolute Gasteiger partial charge is 0.335 e. The Morgan fingerprint density at radius 2 is 1.87 bits per heavy atom. The first-order chi connectivity index (χ1) is 14.2. The third-order valence-corrected chi connectivity index (χ3v) is 6.19. The lowest BCUT2D eigenvalue weighted by molar-refractivity contribution is 0.0696. The largest absolute Gasteiger partial charge is 0.478 e. The van der Waals surface area contributed by atoms with E-state index in [0.29, 0.717) is 5.56 Å². The molecular weight excluding hydrogens is 477 g/mol. The monoisotopic (exact) mass is 487 g/mol. The summed E-state index contributed by atoms with van der Waals surface area (Å²) in [6, 6.07) is 10.2. The lowest BCUT2D eigenvalue weighted by Gasteiger charge is -2.13. The number of nitrogens with one attached hydrogen (secondary N) is 1. The fraction of sp³-hybridized carbons (Fsp3) is 0.0556. The van der Waals surface area contributed by atoms with Gasteiger partial charge in [0.15, 0.2) is 5.15 Å². The Labute approximate surface area is 186 Å². The van der Waals surface area contributed by atoms with Gasteiger partial charge < -0.3 is 9.84 Å². The van der Waals surface area contributed by atoms with Crippen LogP contribution in [0.3, 0.4) is 0 Å². The van der Waals surface area contributed by atoms with Gasteiger partial charge >= 0.3 is 5.97 Å². The summed E-state index contributed by atoms with van der Waals surface area (Å²) < 4.78 is 33.2. The Kier molecular flexibility index (Phi) is 6.67. The predicted octanol–water partition coefficient (Wildman–Crippen LogP) is 4.51. The SMILES string of the molecule is O=C(O)c1cccc(COc2nc(Cl)cnc2NS(=O)(=O)c2cccc(Cl)c2Cl)c1. The van der Waals surface area contributed by atoms with E-state index in [1.165, 1.54) is 30.3 Å². The fourth-order valence-electron chi connectivity index (χ4n) is 2.34. The first-order valence-corrected chi connectivity index (χ1v) is 10.7. The number of benzene rings is 2. The number of ether oxygens (including phenoxy) is 1. The van der Waals surface area contributed by atoms with Crippen LogP contribution in [0.5, 0.6) is 5.88 Å². The van der Waals surface area contributed by atoms with Crippen molar-refractivity contribution in [2.75, 3.05) is 4.72 Å². The van der Waals surface area contributed by atoms with Crippen molar-refractivity contribution < 1.29 is 23.1 Å². The molecule has 2 N–H and O–H groups in total. The second-order valence-corrected chi connectivity index (χ2v) is 8.62. The molecule has 0 fully saturated rings. The molecule has 0 aliphatic rings. The van der Waals surface area contributed by atoms with Gasteiger partial charge in [-0.3, -0.25) is 4.72 Å². The van der Waals surface area contributed by atoms with Crippen molar-refractivity contribution in [2.24, 2.45) is 0 Å². The number of aromatic nitrogens is 2. The summed E-state index contributed by atoms with van der Waals surface area (Å²) in [5, 5.41) is 8.96. The summed E-state index contributed by atoms with van der Waals surface area (Å²) in [4.78, 5) is 18.7. The van der Waals surface area contributed by atoms with Crippen molar-refractivity contribution in [1.82, 2.24) is 9.97 Å². The molecule has 0 aliphatic carbocycles. The highest BCUT2D eigenvalue weighted by Gasteiger charge is 2.23. The van der Waals surface area contributed by atoms with Crippen molar-refractivity contribution in [3.8, 4) is 5.88 Å². The maximum Gasteiger partial charge on any atom is 0.335 e. The van der Waals surface area contributed by atoms with Crippen LogP contribution in [-0.4, -0.2) is 29.5 Å². The van der Waals surface area contributed by atoms with Crippen molar-refractivity contribution in [3.05, 3.63) is 75.0 Å². The van der Waals surface area contributed by atoms with Crippen LogP contribution in [0.25, 0.3) is 0 Å². The molecule has 30 heavy (non-hydrogen) atoms. The van der Waals surface area contributed by atoms with Crippen molar-refractivity contribution >= 4 is 56.6 Å². The zero-order valence-electron chi connectivity index (χ0n) is 14.8. The molecule has 0 aliphatic heterocycles. The minimum atomic E-state index is -4.17. The van der Waals surface area contributed by atoms with Crippen LogP contribution in [0.15, 0.2) is 53.6 Å². The van der Waals surface area contributed by atoms with Gasteiger partial charge in [-0.15, -0.1) is 0 Å². The molecule has 8 nitrogen and oxygen atoms in total. The molecule has 0 spiro atoms. The van der Waals surface area contributed by atoms with Crippen molar-refractivity contribution in [2.45, 2.75) is 11.5 Å². The number of carbonyl (C=O) groups is 1. The van der Waals surface area contributed by atoms with Crippen LogP contribution in [0.4, 0.5) is 5.82 Å². The third-order valence-electron chi connectivity index (χ3n) is 3.70. The van der Waals surface area contributed by atoms with Gasteiger partial charge in [-0.2, -0.15) is 4.98 Å². The molecular formula is C18H12Cl3N3O5S. The first kappa shape index (κ1) is 22.1. The van der Waals surface area contributed by atoms with E-state index in [1.54, 1.807) is 12.1 Å². The second-order valence-electron chi connectivity index (χ2n) is 5.80. The number of hydrogen-bond acceptors (Lipinski definition) is 6. The lowest BCUT2D eigenvalue weighted by Crippen LogP contribution is -2.16. The number of sulfonamides is 1. The van der Waals surface area contributed by atoms with Crippen LogP contribution in [0.2, 0.25) is 15.2 Å². The number of halogens is 3. The number of rotatable bonds is 7. The highest BCUT2D eigenvalue weighted by atomic mass is 35.5. The third kappa shape index (κ3) is 5.11. The summed E-state index contributed by atoms with van der Waals surface area (Å²) in [7, 11) is -4.17. The summed E-state index contributed by atoms with van der Waals surface area (Å²) in [5.41, 5.74) is 0.591. The molecule has 3 aromatic rings. The van der Waals surface area contributed by atoms with Gasteiger partial charge in [0.05, 0.1) is 21.8 Å². The molecule has 0 bridgehead atoms. The zero-order chi connectivity index (χ0) is 21.9. The zero-order valence-corrected chi connectivity index (χ0v) is 17.9. The van der Waals surface area contributed by atoms with E-state index in [1.807, 2.05) is 0 Å². The molecule has 2 aromatic carbocycles. The Balaban J connectivity index is 1.88. The number of aromatic carboxylic acids is 1. The van der Waals surface area contributed by atoms with Gasteiger partial charge in [-0.1, -0.05) is 53.0 Å². The number of carboxylic acid groups (broad SMARTS) is 1. The maximum atomic E-state index is 12.7. The average molecular weight is 489 g/mol. The predicted molar refractivity (Wildman–Crippen MR) is 112 cm³/mol. The summed E-state index contributed by atoms with van der Waals surface area (Å²) in [6.45, 7) is -0.108. The number of carboxylic acids is 1. The molecule has 156 valence electrons. The number of hydrogen-bond donors (Lipinski definition) is 2. The lowest BCUT2D eigenvalue weighted by atomic mass is 10.1. The molecule has 0 radical (unpaired) electrons. The second kappa shape index (κ2) is 9.05. The Hall–Kier alpha value is -2.59. The molecule has 0 amide bonds. The molecule has 0 saturated heterocycles. The average Bonchev–Trinajstić information content (AvgIpc) is 2.70. The summed E-state index contributed by atoms with van der Waals surface area (Å²) in [6.07, 6.45) is 1.14. The van der Waals surface area contributed by atoms with E-state index >= 15 is 0 Å². The standard InChI is InChI=1S/C18H12Cl3N3O5S/c19-12-5-2-6-13(15(12)21)30(27,28)24-16-17(23-14(20)8-22-16)29-9-10-3-1-4-11(7-10)18(25)26/h1-8H,9H2,(H,22,24)(H,25,26). The van der Waals surface area contributed by atoms with Gasteiger partial charge in [0.25, 0.3) is 15.9 Å². The van der Waals surface area contributed by atoms with Crippen LogP contribution in [0.1, 0.15) is 15.9 Å². The molecule has 1 heterocycles. The molecule has 0 atom stereocenters. The number of anilines is 1. The van der Waals surface area contributed by atoms with Gasteiger partial charge in [0.2, 0.25) is 5.82 Å². The summed E-state index contributed by atoms with van der Waals surface area (Å²) >= 11 is 17.7. The van der Waals surface area contributed by atoms with E-state index in [2.05, 4.69) is 14.7 Å². The van der Waals surface area contributed by atoms with Crippen molar-refractivity contribution in [1.29, 1.82) is 0 Å². The van der Waals surface area contributed by atoms with E-state index < -0.39 is 16.0 Å². The first-order valence-electron chi connectivity index (χ1n) is 8.12. The van der Waals surface area contributed by atoms with Gasteiger partial charge in [0.1, 0.15) is 11.5 Å². The van der Waals surface area contributed by atoms with Crippen molar-refractivity contribution in [3.63, 3.8) is 0 Å². The normalized spacial score (nSPS) is 11.2. The molecule has 0 saturated carbocycles. The minimum Gasteiger partial charge on any atom is -0.478 e. The van der Waals surface area contributed by atoms with E-state index in [-0.39, 0.29) is 44.0 Å². The highest BCUT2D eigenvalue weighted by Crippen LogP contribution is 2.31. The van der Waals surface area contributed by atoms with Gasteiger partial charge in [-0.25, -0.2) is 18.2 Å². The maximum absolute atomic E-state index is 12.7. The van der Waals surface area contributed by atoms with Crippen LogP contribution in [-0.2, 0) is 16.6 Å². The molecule has 3 rings (SSSR count). The van der Waals surface area contributed by atoms with E-state index in [4.69, 9.17) is 44.6 Å². The van der Waals surface area contributed by atoms with E-state index in [9.17, 15) is 13.2 Å². The van der Waals surface area contributed by atoms with Crippen LogP contribution < -0.4 is 9.46 Å². The summed E-state index contributed by atoms with van der Waals surface area (Å²) in [5.74, 6) is -1.53. The Morgan fingerprint density at radius 3 is 2.60 bits per heavy atom. The highest BCUT2D eigenvalue weighted by molar-refractivity contribution is 7.92. The minimum absolute atomic E-state index is 0.0342. The van der Waals surface area contributed by atoms with Gasteiger partial charge in [0, 0.05) is 0 Å². The van der Waals surface area contributed by atoms with E-state index in [0.717, 1.165) is 6.20 Å². The quantitative estimate of drug-likeness (QED) is 0.502. The molecule has 0 unspecified atom stereocenters. The number of nitrogens with zero attached hydrogens (tertiary/aromatic N) is 2. The van der Waals surface area contributed by atoms with Crippen LogP contribution in [0, 0.1) is 0 Å². The topological polar surface area (TPSA) is 118 Å². The molecule has 1 aromatic heterocycles. The fourth-order valence-corrected chi connectivity index (χ4v) is 4.24. The Morgan fingerprint density at radius 1 is 1.13 bits per heavy atom. The molecule has 12 heteroatoms. The van der Waals surface area contributed by atoms with Gasteiger partial charge in [-0.05, 0) is 29.8 Å². The van der Waals surface area contributed by atoms with Crippen LogP contribution >= 0.6 is 34.8 Å².